The van der Waals surface area contributed by atoms with Crippen LogP contribution in [0.3, 0.4) is 0 Å². The summed E-state index contributed by atoms with van der Waals surface area (Å²) < 4.78 is 10.4. The van der Waals surface area contributed by atoms with Crippen molar-refractivity contribution < 1.29 is 14.4 Å². The molecule has 2 rings (SSSR count). The van der Waals surface area contributed by atoms with Gasteiger partial charge in [0.2, 0.25) is 6.54 Å². The zero-order valence-corrected chi connectivity index (χ0v) is 10.7. The molecule has 0 aromatic heterocycles. The molecule has 0 aliphatic carbocycles. The predicted molar refractivity (Wildman–Crippen MR) is 70.5 cm³/mol. The number of methoxy groups -OCH3 is 1. The molecule has 0 saturated carbocycles. The quantitative estimate of drug-likeness (QED) is 0.580. The first kappa shape index (κ1) is 13.3. The van der Waals surface area contributed by atoms with E-state index in [2.05, 4.69) is 4.99 Å². The third-order valence-corrected chi connectivity index (χ3v) is 3.03. The van der Waals surface area contributed by atoms with Crippen molar-refractivity contribution in [2.75, 3.05) is 26.8 Å². The number of hydrogen-bond acceptors (Lipinski definition) is 5. The van der Waals surface area contributed by atoms with E-state index in [1.165, 1.54) is 0 Å². The maximum Gasteiger partial charge on any atom is 0.211 e. The van der Waals surface area contributed by atoms with Crippen LogP contribution in [0.1, 0.15) is 17.9 Å². The fraction of sp³-hybridized carbons (Fsp3) is 0.462. The smallest absolute Gasteiger partial charge is 0.211 e. The fourth-order valence-electron chi connectivity index (χ4n) is 2.06. The summed E-state index contributed by atoms with van der Waals surface area (Å²) in [5, 5.41) is 10.8. The van der Waals surface area contributed by atoms with E-state index >= 15 is 0 Å². The van der Waals surface area contributed by atoms with Crippen LogP contribution in [-0.2, 0) is 4.74 Å². The molecule has 102 valence electrons. The van der Waals surface area contributed by atoms with Crippen LogP contribution in [0.4, 0.5) is 0 Å². The minimum Gasteiger partial charge on any atom is -0.497 e. The molecule has 1 aliphatic rings. The number of nitrogens with zero attached hydrogens (tertiary/aromatic N) is 2. The standard InChI is InChI=1S/C13H16N2O4/c1-18-12-4-2-10(3-5-12)11(9-15(16)17)8-13-14-6-7-19-13/h2-5,11H,6-9H2,1H3. The highest BCUT2D eigenvalue weighted by Crippen LogP contribution is 2.24. The number of nitro groups is 1. The maximum absolute atomic E-state index is 10.8. The lowest BCUT2D eigenvalue weighted by Crippen LogP contribution is -2.16. The Hall–Kier alpha value is -2.11. The van der Waals surface area contributed by atoms with E-state index in [4.69, 9.17) is 9.47 Å². The van der Waals surface area contributed by atoms with Crippen LogP contribution < -0.4 is 4.74 Å². The van der Waals surface area contributed by atoms with Gasteiger partial charge >= 0.3 is 0 Å². The van der Waals surface area contributed by atoms with Gasteiger partial charge in [-0.25, -0.2) is 0 Å². The molecule has 0 radical (unpaired) electrons. The highest BCUT2D eigenvalue weighted by Gasteiger charge is 2.22. The van der Waals surface area contributed by atoms with Gasteiger partial charge < -0.3 is 9.47 Å². The molecule has 0 fully saturated rings. The summed E-state index contributed by atoms with van der Waals surface area (Å²) in [5.41, 5.74) is 0.899. The average Bonchev–Trinajstić information content (AvgIpc) is 2.90. The second kappa shape index (κ2) is 6.17. The summed E-state index contributed by atoms with van der Waals surface area (Å²) in [5.74, 6) is 1.12. The zero-order valence-electron chi connectivity index (χ0n) is 10.7. The Morgan fingerprint density at radius 1 is 1.47 bits per heavy atom. The molecule has 19 heavy (non-hydrogen) atoms. The van der Waals surface area contributed by atoms with E-state index in [9.17, 15) is 10.1 Å². The third-order valence-electron chi connectivity index (χ3n) is 3.03. The van der Waals surface area contributed by atoms with E-state index in [1.54, 1.807) is 19.2 Å². The predicted octanol–water partition coefficient (Wildman–Crippen LogP) is 1.87. The third kappa shape index (κ3) is 3.67. The summed E-state index contributed by atoms with van der Waals surface area (Å²) in [4.78, 5) is 14.7. The SMILES string of the molecule is COc1ccc(C(CC2=NCCO2)C[N+](=O)[O-])cc1. The summed E-state index contributed by atoms with van der Waals surface area (Å²) in [6.45, 7) is 1.08. The molecule has 6 nitrogen and oxygen atoms in total. The van der Waals surface area contributed by atoms with Gasteiger partial charge in [0.25, 0.3) is 0 Å². The Kier molecular flexibility index (Phi) is 4.33. The number of aliphatic imine (C=N–C) groups is 1. The Bertz CT molecular complexity index is 470. The molecular formula is C13H16N2O4. The molecule has 1 aromatic rings. The molecule has 0 spiro atoms. The second-order valence-electron chi connectivity index (χ2n) is 4.31. The van der Waals surface area contributed by atoms with Crippen LogP contribution in [0.25, 0.3) is 0 Å². The number of hydrogen-bond donors (Lipinski definition) is 0. The molecule has 0 amide bonds. The van der Waals surface area contributed by atoms with Gasteiger partial charge in [-0.2, -0.15) is 0 Å². The Morgan fingerprint density at radius 3 is 2.74 bits per heavy atom. The average molecular weight is 264 g/mol. The van der Waals surface area contributed by atoms with Gasteiger partial charge in [0.15, 0.2) is 5.90 Å². The summed E-state index contributed by atoms with van der Waals surface area (Å²) >= 11 is 0. The van der Waals surface area contributed by atoms with Crippen molar-refractivity contribution >= 4 is 5.90 Å². The topological polar surface area (TPSA) is 74.0 Å². The van der Waals surface area contributed by atoms with Crippen LogP contribution in [0.2, 0.25) is 0 Å². The lowest BCUT2D eigenvalue weighted by atomic mass is 9.95. The molecule has 1 aliphatic heterocycles. The van der Waals surface area contributed by atoms with Crippen molar-refractivity contribution in [2.45, 2.75) is 12.3 Å². The van der Waals surface area contributed by atoms with Crippen molar-refractivity contribution in [3.05, 3.63) is 39.9 Å². The molecule has 1 heterocycles. The lowest BCUT2D eigenvalue weighted by molar-refractivity contribution is -0.483. The minimum atomic E-state index is -0.301. The molecular weight excluding hydrogens is 248 g/mol. The van der Waals surface area contributed by atoms with Crippen LogP contribution in [0.5, 0.6) is 5.75 Å². The highest BCUT2D eigenvalue weighted by molar-refractivity contribution is 5.78. The Balaban J connectivity index is 2.12. The van der Waals surface area contributed by atoms with Gasteiger partial charge in [-0.1, -0.05) is 12.1 Å². The maximum atomic E-state index is 10.8. The van der Waals surface area contributed by atoms with Crippen LogP contribution in [0.15, 0.2) is 29.3 Å². The molecule has 0 saturated heterocycles. The monoisotopic (exact) mass is 264 g/mol. The number of rotatable bonds is 6. The highest BCUT2D eigenvalue weighted by atomic mass is 16.6. The lowest BCUT2D eigenvalue weighted by Gasteiger charge is -2.13. The van der Waals surface area contributed by atoms with Crippen molar-refractivity contribution in [1.82, 2.24) is 0 Å². The van der Waals surface area contributed by atoms with Crippen molar-refractivity contribution in [3.63, 3.8) is 0 Å². The van der Waals surface area contributed by atoms with Gasteiger partial charge in [0.05, 0.1) is 19.6 Å². The van der Waals surface area contributed by atoms with Crippen molar-refractivity contribution in [1.29, 1.82) is 0 Å². The van der Waals surface area contributed by atoms with Crippen LogP contribution in [-0.4, -0.2) is 37.6 Å². The van der Waals surface area contributed by atoms with Gasteiger partial charge in [-0.15, -0.1) is 0 Å². The number of ether oxygens (including phenoxy) is 2. The first-order valence-corrected chi connectivity index (χ1v) is 6.11. The number of benzene rings is 1. The molecule has 6 heteroatoms. The largest absolute Gasteiger partial charge is 0.497 e. The van der Waals surface area contributed by atoms with E-state index in [1.807, 2.05) is 12.1 Å². The second-order valence-corrected chi connectivity index (χ2v) is 4.31. The molecule has 0 bridgehead atoms. The molecule has 0 N–H and O–H groups in total. The van der Waals surface area contributed by atoms with E-state index < -0.39 is 0 Å². The molecule has 1 aromatic carbocycles. The van der Waals surface area contributed by atoms with Gasteiger partial charge in [-0.05, 0) is 17.7 Å². The summed E-state index contributed by atoms with van der Waals surface area (Å²) in [6.07, 6.45) is 0.466. The van der Waals surface area contributed by atoms with Gasteiger partial charge in [0.1, 0.15) is 12.4 Å². The zero-order chi connectivity index (χ0) is 13.7. The van der Waals surface area contributed by atoms with Crippen molar-refractivity contribution in [3.8, 4) is 5.75 Å². The van der Waals surface area contributed by atoms with E-state index in [0.717, 1.165) is 11.3 Å². The van der Waals surface area contributed by atoms with Crippen molar-refractivity contribution in [2.24, 2.45) is 4.99 Å². The molecule has 1 unspecified atom stereocenters. The van der Waals surface area contributed by atoms with Crippen LogP contribution >= 0.6 is 0 Å². The minimum absolute atomic E-state index is 0.130. The van der Waals surface area contributed by atoms with Gasteiger partial charge in [-0.3, -0.25) is 15.1 Å². The summed E-state index contributed by atoms with van der Waals surface area (Å²) in [7, 11) is 1.59. The fourth-order valence-corrected chi connectivity index (χ4v) is 2.06. The van der Waals surface area contributed by atoms with E-state index in [0.29, 0.717) is 25.5 Å². The van der Waals surface area contributed by atoms with Crippen LogP contribution in [0, 0.1) is 10.1 Å². The normalized spacial score (nSPS) is 15.5. The summed E-state index contributed by atoms with van der Waals surface area (Å²) in [6, 6.07) is 7.31. The van der Waals surface area contributed by atoms with Gasteiger partial charge in [0, 0.05) is 11.3 Å². The Morgan fingerprint density at radius 2 is 2.21 bits per heavy atom. The molecule has 1 atom stereocenters. The first-order valence-electron chi connectivity index (χ1n) is 6.11. The Labute approximate surface area is 111 Å². The van der Waals surface area contributed by atoms with E-state index in [-0.39, 0.29) is 17.4 Å². The first-order chi connectivity index (χ1) is 9.19.